The van der Waals surface area contributed by atoms with Gasteiger partial charge in [0.1, 0.15) is 0 Å². The van der Waals surface area contributed by atoms with Gasteiger partial charge in [0.2, 0.25) is 0 Å². The van der Waals surface area contributed by atoms with Gasteiger partial charge in [-0.05, 0) is 0 Å². The van der Waals surface area contributed by atoms with Crippen molar-refractivity contribution in [1.29, 1.82) is 0 Å². The molecule has 0 aliphatic carbocycles. The van der Waals surface area contributed by atoms with Crippen molar-refractivity contribution in [2.45, 2.75) is 53.4 Å². The summed E-state index contributed by atoms with van der Waals surface area (Å²) < 4.78 is 0. The van der Waals surface area contributed by atoms with Gasteiger partial charge in [0.15, 0.2) is 0 Å². The van der Waals surface area contributed by atoms with Gasteiger partial charge in [-0.15, -0.1) is 0 Å². The van der Waals surface area contributed by atoms with E-state index >= 15 is 0 Å². The number of hydrogen-bond donors (Lipinski definition) is 0. The predicted octanol–water partition coefficient (Wildman–Crippen LogP) is 5.49. The molecule has 2 heteroatoms. The van der Waals surface area contributed by atoms with E-state index < -0.39 is 5.31 Å². The molecule has 0 amide bonds. The van der Waals surface area contributed by atoms with Crippen LogP contribution < -0.4 is 0 Å². The first-order valence-electron chi connectivity index (χ1n) is 6.26. The number of halogens is 1. The first-order chi connectivity index (χ1) is 6.54. The third kappa shape index (κ3) is 4.19. The van der Waals surface area contributed by atoms with E-state index in [4.69, 9.17) is 0 Å². The van der Waals surface area contributed by atoms with Crippen molar-refractivity contribution >= 4 is 20.8 Å². The summed E-state index contributed by atoms with van der Waals surface area (Å²) in [5.41, 5.74) is 0. The van der Waals surface area contributed by atoms with Gasteiger partial charge in [-0.25, -0.2) is 0 Å². The predicted molar refractivity (Wildman–Crippen MR) is 76.5 cm³/mol. The van der Waals surface area contributed by atoms with Crippen molar-refractivity contribution < 1.29 is 0 Å². The van der Waals surface area contributed by atoms with Crippen LogP contribution in [0, 0.1) is 0 Å². The molecule has 0 saturated carbocycles. The second-order valence-corrected chi connectivity index (χ2v) is 16.6. The van der Waals surface area contributed by atoms with Crippen molar-refractivity contribution in [3.8, 4) is 0 Å². The average molecular weight is 283 g/mol. The molecule has 0 unspecified atom stereocenters. The van der Waals surface area contributed by atoms with E-state index in [1.54, 1.807) is 0 Å². The van der Waals surface area contributed by atoms with Crippen LogP contribution in [0.2, 0.25) is 0 Å². The maximum atomic E-state index is 4.17. The third-order valence-corrected chi connectivity index (χ3v) is 15.7. The van der Waals surface area contributed by atoms with Crippen molar-refractivity contribution in [2.75, 3.05) is 24.6 Å². The van der Waals surface area contributed by atoms with Gasteiger partial charge in [-0.2, -0.15) is 0 Å². The normalized spacial score (nSPS) is 15.1. The molecule has 88 valence electrons. The van der Waals surface area contributed by atoms with Gasteiger partial charge in [0.25, 0.3) is 0 Å². The van der Waals surface area contributed by atoms with Crippen molar-refractivity contribution in [1.82, 2.24) is 0 Å². The molecular weight excluding hydrogens is 255 g/mol. The summed E-state index contributed by atoms with van der Waals surface area (Å²) in [6.45, 7) is 9.41. The zero-order valence-electron chi connectivity index (χ0n) is 10.5. The molecule has 0 fully saturated rings. The van der Waals surface area contributed by atoms with Crippen LogP contribution in [0.25, 0.3) is 0 Å². The fraction of sp³-hybridized carbons (Fsp3) is 1.00. The Morgan fingerprint density at radius 3 is 1.64 bits per heavy atom. The van der Waals surface area contributed by atoms with E-state index in [0.29, 0.717) is 0 Å². The standard InChI is InChI=1S/C12H28BrP/c1-5-9-10-11-12-14(13,6-2,7-3)8-4/h5-12H2,1-4H3. The molecule has 0 aromatic carbocycles. The Labute approximate surface area is 98.9 Å². The van der Waals surface area contributed by atoms with Gasteiger partial charge in [-0.3, -0.25) is 0 Å². The second-order valence-electron chi connectivity index (χ2n) is 4.55. The summed E-state index contributed by atoms with van der Waals surface area (Å²) in [5.74, 6) is 0. The van der Waals surface area contributed by atoms with Gasteiger partial charge in [0.05, 0.1) is 0 Å². The first kappa shape index (κ1) is 14.9. The molecule has 0 spiro atoms. The summed E-state index contributed by atoms with van der Waals surface area (Å²) in [4.78, 5) is 0. The molecule has 0 aliphatic rings. The molecule has 0 atom stereocenters. The van der Waals surface area contributed by atoms with Gasteiger partial charge >= 0.3 is 98.8 Å². The van der Waals surface area contributed by atoms with Crippen LogP contribution in [0.3, 0.4) is 0 Å². The average Bonchev–Trinajstić information content (AvgIpc) is 2.25. The molecule has 0 rings (SSSR count). The van der Waals surface area contributed by atoms with E-state index in [2.05, 4.69) is 43.2 Å². The molecule has 0 radical (unpaired) electrons. The Hall–Kier alpha value is 0.910. The molecule has 0 heterocycles. The SMILES string of the molecule is CCCCCCP(Br)(CC)(CC)CC. The minimum atomic E-state index is -1.42. The maximum absolute atomic E-state index is 4.17. The van der Waals surface area contributed by atoms with Crippen LogP contribution in [0.1, 0.15) is 53.4 Å². The molecule has 0 N–H and O–H groups in total. The molecule has 0 saturated heterocycles. The Kier molecular flexibility index (Phi) is 6.90. The zero-order chi connectivity index (χ0) is 11.1. The molecule has 0 aromatic heterocycles. The fourth-order valence-electron chi connectivity index (χ4n) is 2.08. The quantitative estimate of drug-likeness (QED) is 0.408. The number of rotatable bonds is 8. The third-order valence-electron chi connectivity index (χ3n) is 3.94. The van der Waals surface area contributed by atoms with Crippen molar-refractivity contribution in [3.63, 3.8) is 0 Å². The minimum absolute atomic E-state index is 1.35. The topological polar surface area (TPSA) is 0 Å². The van der Waals surface area contributed by atoms with Crippen LogP contribution in [0.5, 0.6) is 0 Å². The molecule has 0 nitrogen and oxygen atoms in total. The Morgan fingerprint density at radius 2 is 1.29 bits per heavy atom. The van der Waals surface area contributed by atoms with E-state index in [9.17, 15) is 0 Å². The molecular formula is C12H28BrP. The van der Waals surface area contributed by atoms with Crippen LogP contribution in [0.15, 0.2) is 0 Å². The summed E-state index contributed by atoms with van der Waals surface area (Å²) in [6, 6.07) is 0. The van der Waals surface area contributed by atoms with Gasteiger partial charge in [0, 0.05) is 0 Å². The summed E-state index contributed by atoms with van der Waals surface area (Å²) in [7, 11) is 0. The Bertz CT molecular complexity index is 141. The first-order valence-corrected chi connectivity index (χ1v) is 11.3. The number of unbranched alkanes of at least 4 members (excludes halogenated alkanes) is 3. The van der Waals surface area contributed by atoms with E-state index in [0.717, 1.165) is 0 Å². The zero-order valence-corrected chi connectivity index (χ0v) is 13.0. The Balaban J connectivity index is 4.10. The van der Waals surface area contributed by atoms with Crippen LogP contribution >= 0.6 is 20.8 Å². The summed E-state index contributed by atoms with van der Waals surface area (Å²) in [5, 5.41) is -1.42. The van der Waals surface area contributed by atoms with E-state index in [1.807, 2.05) is 0 Å². The van der Waals surface area contributed by atoms with Crippen LogP contribution in [-0.2, 0) is 0 Å². The summed E-state index contributed by atoms with van der Waals surface area (Å²) in [6.07, 6.45) is 11.2. The Morgan fingerprint density at radius 1 is 0.786 bits per heavy atom. The molecule has 14 heavy (non-hydrogen) atoms. The van der Waals surface area contributed by atoms with Crippen molar-refractivity contribution in [3.05, 3.63) is 0 Å². The van der Waals surface area contributed by atoms with Crippen LogP contribution in [0.4, 0.5) is 0 Å². The number of hydrogen-bond acceptors (Lipinski definition) is 0. The van der Waals surface area contributed by atoms with Gasteiger partial charge in [-0.1, -0.05) is 0 Å². The van der Waals surface area contributed by atoms with Crippen molar-refractivity contribution in [2.24, 2.45) is 0 Å². The summed E-state index contributed by atoms with van der Waals surface area (Å²) >= 11 is 4.17. The van der Waals surface area contributed by atoms with E-state index in [1.165, 1.54) is 50.3 Å². The second kappa shape index (κ2) is 6.48. The monoisotopic (exact) mass is 282 g/mol. The van der Waals surface area contributed by atoms with Crippen LogP contribution in [-0.4, -0.2) is 24.6 Å². The van der Waals surface area contributed by atoms with E-state index in [-0.39, 0.29) is 0 Å². The molecule has 0 aromatic rings. The molecule has 0 aliphatic heterocycles. The fourth-order valence-corrected chi connectivity index (χ4v) is 6.14. The van der Waals surface area contributed by atoms with Gasteiger partial charge < -0.3 is 0 Å². The molecule has 0 bridgehead atoms.